The predicted molar refractivity (Wildman–Crippen MR) is 119 cm³/mol. The fourth-order valence-corrected chi connectivity index (χ4v) is 4.76. The summed E-state index contributed by atoms with van der Waals surface area (Å²) in [5, 5.41) is 11.6. The van der Waals surface area contributed by atoms with Gasteiger partial charge >= 0.3 is 0 Å². The summed E-state index contributed by atoms with van der Waals surface area (Å²) in [6.45, 7) is 6.49. The van der Waals surface area contributed by atoms with Crippen molar-refractivity contribution < 1.29 is 5.11 Å². The summed E-state index contributed by atoms with van der Waals surface area (Å²) in [5.41, 5.74) is 3.51. The summed E-state index contributed by atoms with van der Waals surface area (Å²) in [6.07, 6.45) is 0. The van der Waals surface area contributed by atoms with E-state index in [0.29, 0.717) is 20.1 Å². The van der Waals surface area contributed by atoms with Gasteiger partial charge in [-0.15, -0.1) is 11.3 Å². The highest BCUT2D eigenvalue weighted by atomic mass is 35.5. The van der Waals surface area contributed by atoms with Crippen LogP contribution in [-0.4, -0.2) is 10.1 Å². The molecule has 0 amide bonds. The van der Waals surface area contributed by atoms with E-state index in [0.717, 1.165) is 11.1 Å². The van der Waals surface area contributed by atoms with Crippen LogP contribution < -0.4 is 5.56 Å². The second-order valence-corrected chi connectivity index (χ2v) is 9.45. The number of H-pyrrole nitrogens is 1. The van der Waals surface area contributed by atoms with Gasteiger partial charge in [0.25, 0.3) is 5.56 Å². The van der Waals surface area contributed by atoms with Gasteiger partial charge in [0.1, 0.15) is 14.9 Å². The third-order valence-corrected chi connectivity index (χ3v) is 6.21. The van der Waals surface area contributed by atoms with Gasteiger partial charge in [-0.25, -0.2) is 0 Å². The molecule has 0 aliphatic carbocycles. The largest absolute Gasteiger partial charge is 0.506 e. The summed E-state index contributed by atoms with van der Waals surface area (Å²) in [7, 11) is 0. The Balaban J connectivity index is 1.98. The van der Waals surface area contributed by atoms with Gasteiger partial charge in [-0.05, 0) is 22.1 Å². The minimum atomic E-state index is -0.330. The third kappa shape index (κ3) is 3.13. The lowest BCUT2D eigenvalue weighted by molar-refractivity contribution is 0.483. The highest BCUT2D eigenvalue weighted by Crippen LogP contribution is 2.46. The van der Waals surface area contributed by atoms with Gasteiger partial charge in [0.15, 0.2) is 0 Å². The Labute approximate surface area is 172 Å². The molecular formula is C23H20ClNO2S. The minimum Gasteiger partial charge on any atom is -0.506 e. The smallest absolute Gasteiger partial charge is 0.260 e. The van der Waals surface area contributed by atoms with Crippen molar-refractivity contribution >= 4 is 33.2 Å². The fourth-order valence-electron chi connectivity index (χ4n) is 3.38. The van der Waals surface area contributed by atoms with Crippen LogP contribution in [0.2, 0.25) is 4.34 Å². The number of halogens is 1. The molecule has 2 aromatic carbocycles. The summed E-state index contributed by atoms with van der Waals surface area (Å²) in [5.74, 6) is -0.0389. The van der Waals surface area contributed by atoms with Crippen molar-refractivity contribution in [3.8, 4) is 28.0 Å². The minimum absolute atomic E-state index is 0.0389. The molecule has 0 radical (unpaired) electrons. The molecule has 0 bridgehead atoms. The first-order valence-corrected chi connectivity index (χ1v) is 10.2. The van der Waals surface area contributed by atoms with E-state index in [2.05, 4.69) is 37.9 Å². The lowest BCUT2D eigenvalue weighted by Gasteiger charge is -2.19. The molecule has 0 fully saturated rings. The average Bonchev–Trinajstić information content (AvgIpc) is 2.98. The summed E-state index contributed by atoms with van der Waals surface area (Å²) < 4.78 is 0.537. The van der Waals surface area contributed by atoms with Crippen LogP contribution in [0.3, 0.4) is 0 Å². The van der Waals surface area contributed by atoms with E-state index in [-0.39, 0.29) is 22.3 Å². The number of hydrogen-bond acceptors (Lipinski definition) is 3. The van der Waals surface area contributed by atoms with Crippen molar-refractivity contribution in [2.24, 2.45) is 0 Å². The van der Waals surface area contributed by atoms with Crippen LogP contribution in [0.15, 0.2) is 59.4 Å². The number of hydrogen-bond donors (Lipinski definition) is 2. The molecule has 0 spiro atoms. The second-order valence-electron chi connectivity index (χ2n) is 7.83. The van der Waals surface area contributed by atoms with Gasteiger partial charge in [0.2, 0.25) is 0 Å². The van der Waals surface area contributed by atoms with Crippen LogP contribution in [0.5, 0.6) is 5.75 Å². The molecule has 28 heavy (non-hydrogen) atoms. The van der Waals surface area contributed by atoms with Gasteiger partial charge in [-0.3, -0.25) is 4.79 Å². The monoisotopic (exact) mass is 409 g/mol. The molecule has 5 heteroatoms. The van der Waals surface area contributed by atoms with Gasteiger partial charge in [0.05, 0.1) is 10.9 Å². The fraction of sp³-hybridized carbons (Fsp3) is 0.174. The normalized spacial score (nSPS) is 11.9. The van der Waals surface area contributed by atoms with Crippen LogP contribution in [0.25, 0.3) is 32.5 Å². The van der Waals surface area contributed by atoms with Crippen molar-refractivity contribution in [3.05, 3.63) is 74.9 Å². The zero-order chi connectivity index (χ0) is 20.1. The molecule has 2 N–H and O–H groups in total. The number of thiophene rings is 1. The molecule has 2 heterocycles. The Hall–Kier alpha value is -2.56. The van der Waals surface area contributed by atoms with Crippen LogP contribution in [-0.2, 0) is 5.41 Å². The zero-order valence-electron chi connectivity index (χ0n) is 15.8. The van der Waals surface area contributed by atoms with E-state index in [1.54, 1.807) is 0 Å². The van der Waals surface area contributed by atoms with Gasteiger partial charge in [-0.1, -0.05) is 87.0 Å². The number of pyridine rings is 1. The third-order valence-electron chi connectivity index (χ3n) is 4.90. The molecule has 0 saturated carbocycles. The van der Waals surface area contributed by atoms with Gasteiger partial charge in [0, 0.05) is 5.56 Å². The molecule has 0 aliphatic rings. The lowest BCUT2D eigenvalue weighted by atomic mass is 9.86. The Morgan fingerprint density at radius 3 is 2.14 bits per heavy atom. The van der Waals surface area contributed by atoms with E-state index in [1.165, 1.54) is 16.9 Å². The van der Waals surface area contributed by atoms with Crippen molar-refractivity contribution in [1.82, 2.24) is 4.98 Å². The number of aromatic nitrogens is 1. The quantitative estimate of drug-likeness (QED) is 0.392. The molecule has 142 valence electrons. The maximum atomic E-state index is 12.6. The maximum absolute atomic E-state index is 12.6. The summed E-state index contributed by atoms with van der Waals surface area (Å²) >= 11 is 7.81. The number of rotatable bonds is 2. The van der Waals surface area contributed by atoms with Crippen LogP contribution in [0.1, 0.15) is 26.3 Å². The van der Waals surface area contributed by atoms with Crippen molar-refractivity contribution in [2.45, 2.75) is 26.2 Å². The van der Waals surface area contributed by atoms with E-state index < -0.39 is 0 Å². The SMILES string of the molecule is CC(C)(C)c1ccc(-c2c(Cl)sc3[nH]c(=O)c(-c4ccccc4)c(O)c23)cc1. The Morgan fingerprint density at radius 2 is 1.54 bits per heavy atom. The molecule has 0 atom stereocenters. The first-order valence-electron chi connectivity index (χ1n) is 9.01. The van der Waals surface area contributed by atoms with Crippen molar-refractivity contribution in [1.29, 1.82) is 0 Å². The molecule has 3 nitrogen and oxygen atoms in total. The summed E-state index contributed by atoms with van der Waals surface area (Å²) in [4.78, 5) is 16.1. The van der Waals surface area contributed by atoms with E-state index >= 15 is 0 Å². The molecule has 0 unspecified atom stereocenters. The van der Waals surface area contributed by atoms with E-state index in [1.807, 2.05) is 42.5 Å². The summed E-state index contributed by atoms with van der Waals surface area (Å²) in [6, 6.07) is 17.4. The Bertz CT molecular complexity index is 1220. The number of nitrogens with one attached hydrogen (secondary N) is 1. The molecule has 4 aromatic rings. The van der Waals surface area contributed by atoms with E-state index in [9.17, 15) is 9.90 Å². The average molecular weight is 410 g/mol. The number of benzene rings is 2. The maximum Gasteiger partial charge on any atom is 0.260 e. The van der Waals surface area contributed by atoms with E-state index in [4.69, 9.17) is 11.6 Å². The highest BCUT2D eigenvalue weighted by Gasteiger charge is 2.22. The number of fused-ring (bicyclic) bond motifs is 1. The topological polar surface area (TPSA) is 53.1 Å². The molecule has 0 saturated heterocycles. The number of aromatic amines is 1. The first kappa shape index (κ1) is 18.8. The molecular weight excluding hydrogens is 390 g/mol. The molecule has 4 rings (SSSR count). The predicted octanol–water partition coefficient (Wildman–Crippen LogP) is 6.58. The Kier molecular flexibility index (Phi) is 4.56. The lowest BCUT2D eigenvalue weighted by Crippen LogP contribution is -2.10. The van der Waals surface area contributed by atoms with Gasteiger partial charge in [-0.2, -0.15) is 0 Å². The highest BCUT2D eigenvalue weighted by molar-refractivity contribution is 7.23. The first-order chi connectivity index (χ1) is 13.3. The van der Waals surface area contributed by atoms with Crippen molar-refractivity contribution in [3.63, 3.8) is 0 Å². The van der Waals surface area contributed by atoms with Crippen LogP contribution in [0, 0.1) is 0 Å². The zero-order valence-corrected chi connectivity index (χ0v) is 17.4. The van der Waals surface area contributed by atoms with Crippen molar-refractivity contribution in [2.75, 3.05) is 0 Å². The van der Waals surface area contributed by atoms with Crippen LogP contribution >= 0.6 is 22.9 Å². The van der Waals surface area contributed by atoms with Gasteiger partial charge < -0.3 is 10.1 Å². The molecule has 2 aromatic heterocycles. The standard InChI is InChI=1S/C23H20ClNO2S/c1-23(2,3)15-11-9-14(10-12-15)16-18-19(26)17(13-7-5-4-6-8-13)21(27)25-22(18)28-20(16)24/h4-12H,1-3H3,(H2,25,26,27). The Morgan fingerprint density at radius 1 is 0.929 bits per heavy atom. The molecule has 0 aliphatic heterocycles. The number of aromatic hydroxyl groups is 1. The van der Waals surface area contributed by atoms with Crippen LogP contribution in [0.4, 0.5) is 0 Å². The second kappa shape index (κ2) is 6.80.